The summed E-state index contributed by atoms with van der Waals surface area (Å²) in [5.74, 6) is 1.64. The number of hydrogen-bond acceptors (Lipinski definition) is 4. The van der Waals surface area contributed by atoms with Crippen molar-refractivity contribution >= 4 is 23.2 Å². The van der Waals surface area contributed by atoms with E-state index in [2.05, 4.69) is 0 Å². The maximum absolute atomic E-state index is 12.3. The van der Waals surface area contributed by atoms with Crippen molar-refractivity contribution in [3.05, 3.63) is 77.0 Å². The monoisotopic (exact) mass is 307 g/mol. The zero-order chi connectivity index (χ0) is 15.1. The summed E-state index contributed by atoms with van der Waals surface area (Å²) < 4.78 is 5.81. The number of allylic oxidation sites excluding steroid dienone is 3. The van der Waals surface area contributed by atoms with E-state index in [1.807, 2.05) is 72.6 Å². The van der Waals surface area contributed by atoms with Crippen molar-refractivity contribution in [1.29, 1.82) is 0 Å². The van der Waals surface area contributed by atoms with E-state index in [4.69, 9.17) is 4.74 Å². The Kier molecular flexibility index (Phi) is 3.05. The lowest BCUT2D eigenvalue weighted by Gasteiger charge is -2.09. The molecular formula is C18H13NO2S. The number of carbonyl (C=O) groups excluding carboxylic acids is 1. The highest BCUT2D eigenvalue weighted by molar-refractivity contribution is 8.04. The number of ketones is 1. The summed E-state index contributed by atoms with van der Waals surface area (Å²) in [5.41, 5.74) is 1.81. The molecular weight excluding hydrogens is 294 g/mol. The number of ether oxygens (including phenoxy) is 1. The number of fused-ring (bicyclic) bond motifs is 2. The van der Waals surface area contributed by atoms with Gasteiger partial charge in [-0.25, -0.2) is 0 Å². The lowest BCUT2D eigenvalue weighted by Crippen LogP contribution is -2.12. The molecule has 2 heterocycles. The third kappa shape index (κ3) is 2.04. The molecule has 0 unspecified atom stereocenters. The van der Waals surface area contributed by atoms with Gasteiger partial charge >= 0.3 is 0 Å². The molecule has 22 heavy (non-hydrogen) atoms. The molecule has 2 aromatic rings. The molecule has 2 aliphatic heterocycles. The molecule has 4 rings (SSSR count). The average Bonchev–Trinajstić information content (AvgIpc) is 3.04. The van der Waals surface area contributed by atoms with Crippen LogP contribution in [-0.4, -0.2) is 12.8 Å². The maximum Gasteiger partial charge on any atom is 0.200 e. The van der Waals surface area contributed by atoms with Crippen LogP contribution < -0.4 is 9.64 Å². The quantitative estimate of drug-likeness (QED) is 0.737. The molecule has 3 nitrogen and oxygen atoms in total. The number of anilines is 1. The first-order valence-corrected chi connectivity index (χ1v) is 7.80. The van der Waals surface area contributed by atoms with Gasteiger partial charge in [0.1, 0.15) is 0 Å². The van der Waals surface area contributed by atoms with Crippen molar-refractivity contribution in [3.8, 4) is 5.75 Å². The van der Waals surface area contributed by atoms with Gasteiger partial charge in [0.05, 0.1) is 10.6 Å². The molecule has 108 valence electrons. The summed E-state index contributed by atoms with van der Waals surface area (Å²) in [4.78, 5) is 16.0. The number of rotatable bonds is 1. The topological polar surface area (TPSA) is 29.5 Å². The maximum atomic E-state index is 12.3. The number of benzene rings is 2. The normalized spacial score (nSPS) is 19.5. The number of thioether (sulfide) groups is 1. The van der Waals surface area contributed by atoms with Gasteiger partial charge in [-0.05, 0) is 30.3 Å². The van der Waals surface area contributed by atoms with E-state index in [-0.39, 0.29) is 5.78 Å². The second kappa shape index (κ2) is 5.07. The third-order valence-corrected chi connectivity index (χ3v) is 4.84. The van der Waals surface area contributed by atoms with Crippen molar-refractivity contribution in [1.82, 2.24) is 0 Å². The number of nitrogens with zero attached hydrogens (tertiary/aromatic N) is 1. The summed E-state index contributed by atoms with van der Waals surface area (Å²) in [7, 11) is 1.95. The SMILES string of the molecule is CN1/C(=C/C=C2/Sc3ccccc3C2=O)Oc2ccccc21. The molecule has 0 saturated carbocycles. The molecule has 2 aromatic carbocycles. The van der Waals surface area contributed by atoms with Gasteiger partial charge < -0.3 is 9.64 Å². The average molecular weight is 307 g/mol. The first-order valence-electron chi connectivity index (χ1n) is 6.98. The summed E-state index contributed by atoms with van der Waals surface area (Å²) in [5, 5.41) is 0. The summed E-state index contributed by atoms with van der Waals surface area (Å²) >= 11 is 1.51. The van der Waals surface area contributed by atoms with E-state index in [1.54, 1.807) is 0 Å². The van der Waals surface area contributed by atoms with Crippen LogP contribution in [-0.2, 0) is 0 Å². The van der Waals surface area contributed by atoms with E-state index in [1.165, 1.54) is 11.8 Å². The Labute approximate surface area is 132 Å². The van der Waals surface area contributed by atoms with Gasteiger partial charge in [0.2, 0.25) is 5.78 Å². The van der Waals surface area contributed by atoms with Crippen molar-refractivity contribution in [2.45, 2.75) is 4.90 Å². The Bertz CT molecular complexity index is 838. The highest BCUT2D eigenvalue weighted by Gasteiger charge is 2.26. The lowest BCUT2D eigenvalue weighted by atomic mass is 10.1. The Morgan fingerprint density at radius 1 is 1.05 bits per heavy atom. The molecule has 0 bridgehead atoms. The van der Waals surface area contributed by atoms with Gasteiger partial charge in [-0.3, -0.25) is 4.79 Å². The van der Waals surface area contributed by atoms with Crippen molar-refractivity contribution < 1.29 is 9.53 Å². The van der Waals surface area contributed by atoms with Gasteiger partial charge in [-0.2, -0.15) is 0 Å². The third-order valence-electron chi connectivity index (χ3n) is 3.72. The van der Waals surface area contributed by atoms with E-state index in [0.717, 1.165) is 32.7 Å². The number of Topliss-reactive ketones (excluding diaryl/α,β-unsaturated/α-hetero) is 1. The predicted molar refractivity (Wildman–Crippen MR) is 88.3 cm³/mol. The minimum Gasteiger partial charge on any atom is -0.439 e. The van der Waals surface area contributed by atoms with Gasteiger partial charge in [0.25, 0.3) is 0 Å². The molecule has 0 N–H and O–H groups in total. The van der Waals surface area contributed by atoms with Gasteiger partial charge in [-0.15, -0.1) is 0 Å². The summed E-state index contributed by atoms with van der Waals surface area (Å²) in [6.07, 6.45) is 3.69. The molecule has 0 amide bonds. The fourth-order valence-corrected chi connectivity index (χ4v) is 3.56. The number of hydrogen-bond donors (Lipinski definition) is 0. The second-order valence-electron chi connectivity index (χ2n) is 5.09. The van der Waals surface area contributed by atoms with Crippen molar-refractivity contribution in [3.63, 3.8) is 0 Å². The first kappa shape index (κ1) is 13.2. The minimum absolute atomic E-state index is 0.0793. The molecule has 0 aliphatic carbocycles. The van der Waals surface area contributed by atoms with E-state index >= 15 is 0 Å². The highest BCUT2D eigenvalue weighted by atomic mass is 32.2. The molecule has 0 atom stereocenters. The smallest absolute Gasteiger partial charge is 0.200 e. The second-order valence-corrected chi connectivity index (χ2v) is 6.18. The van der Waals surface area contributed by atoms with Crippen molar-refractivity contribution in [2.24, 2.45) is 0 Å². The zero-order valence-corrected chi connectivity index (χ0v) is 12.8. The zero-order valence-electron chi connectivity index (χ0n) is 11.9. The van der Waals surface area contributed by atoms with Crippen LogP contribution in [0, 0.1) is 0 Å². The fourth-order valence-electron chi connectivity index (χ4n) is 2.56. The van der Waals surface area contributed by atoms with Crippen LogP contribution in [0.3, 0.4) is 0 Å². The molecule has 0 fully saturated rings. The van der Waals surface area contributed by atoms with Gasteiger partial charge in [-0.1, -0.05) is 36.0 Å². The van der Waals surface area contributed by atoms with Crippen molar-refractivity contribution in [2.75, 3.05) is 11.9 Å². The fraction of sp³-hybridized carbons (Fsp3) is 0.0556. The number of carbonyl (C=O) groups is 1. The van der Waals surface area contributed by atoms with Crippen LogP contribution in [0.1, 0.15) is 10.4 Å². The van der Waals surface area contributed by atoms with E-state index in [0.29, 0.717) is 0 Å². The van der Waals surface area contributed by atoms with E-state index < -0.39 is 0 Å². The summed E-state index contributed by atoms with van der Waals surface area (Å²) in [6.45, 7) is 0. The first-order chi connectivity index (χ1) is 10.7. The Hall–Kier alpha value is -2.46. The standard InChI is InChI=1S/C18H13NO2S/c1-19-13-7-3-4-8-14(13)21-17(19)11-10-16-18(20)12-6-2-5-9-15(12)22-16/h2-11H,1H3/b16-10+,17-11-. The Balaban J connectivity index is 1.63. The minimum atomic E-state index is 0.0793. The van der Waals surface area contributed by atoms with Crippen LogP contribution in [0.2, 0.25) is 0 Å². The lowest BCUT2D eigenvalue weighted by molar-refractivity contribution is 0.104. The molecule has 0 radical (unpaired) electrons. The van der Waals surface area contributed by atoms with Crippen LogP contribution in [0.5, 0.6) is 5.75 Å². The van der Waals surface area contributed by atoms with Gasteiger partial charge in [0, 0.05) is 23.6 Å². The Morgan fingerprint density at radius 3 is 2.64 bits per heavy atom. The largest absolute Gasteiger partial charge is 0.439 e. The number of para-hydroxylation sites is 2. The molecule has 0 aromatic heterocycles. The Morgan fingerprint density at radius 2 is 1.82 bits per heavy atom. The molecule has 0 spiro atoms. The van der Waals surface area contributed by atoms with Crippen LogP contribution in [0.4, 0.5) is 5.69 Å². The molecule has 0 saturated heterocycles. The van der Waals surface area contributed by atoms with Crippen LogP contribution >= 0.6 is 11.8 Å². The molecule has 2 aliphatic rings. The molecule has 4 heteroatoms. The van der Waals surface area contributed by atoms with Crippen LogP contribution in [0.25, 0.3) is 0 Å². The predicted octanol–water partition coefficient (Wildman–Crippen LogP) is 4.23. The summed E-state index contributed by atoms with van der Waals surface area (Å²) in [6, 6.07) is 15.6. The van der Waals surface area contributed by atoms with Gasteiger partial charge in [0.15, 0.2) is 11.6 Å². The van der Waals surface area contributed by atoms with Crippen LogP contribution in [0.15, 0.2) is 76.4 Å². The van der Waals surface area contributed by atoms with E-state index in [9.17, 15) is 4.79 Å². The highest BCUT2D eigenvalue weighted by Crippen LogP contribution is 2.41.